The monoisotopic (exact) mass is 304 g/mol. The van der Waals surface area contributed by atoms with E-state index < -0.39 is 10.8 Å². The predicted octanol–water partition coefficient (Wildman–Crippen LogP) is 2.54. The number of benzene rings is 1. The molecule has 0 fully saturated rings. The average Bonchev–Trinajstić information content (AvgIpc) is 2.30. The highest BCUT2D eigenvalue weighted by Crippen LogP contribution is 2.23. The van der Waals surface area contributed by atoms with Crippen molar-refractivity contribution in [1.82, 2.24) is 0 Å². The molecule has 2 atom stereocenters. The zero-order chi connectivity index (χ0) is 13.7. The van der Waals surface area contributed by atoms with Gasteiger partial charge in [-0.15, -0.1) is 0 Å². The Kier molecular flexibility index (Phi) is 6.05. The van der Waals surface area contributed by atoms with E-state index >= 15 is 0 Å². The molecule has 2 unspecified atom stereocenters. The van der Waals surface area contributed by atoms with Crippen LogP contribution in [-0.4, -0.2) is 27.2 Å². The second kappa shape index (κ2) is 7.07. The first-order valence-corrected chi connectivity index (χ1v) is 7.98. The Morgan fingerprint density at radius 3 is 2.78 bits per heavy atom. The van der Waals surface area contributed by atoms with Crippen LogP contribution < -0.4 is 11.1 Å². The van der Waals surface area contributed by atoms with E-state index in [1.165, 1.54) is 0 Å². The number of thiocarbonyl (C=S) groups is 1. The van der Waals surface area contributed by atoms with Gasteiger partial charge in [-0.1, -0.05) is 30.7 Å². The lowest BCUT2D eigenvalue weighted by Gasteiger charge is -2.12. The van der Waals surface area contributed by atoms with Gasteiger partial charge in [-0.2, -0.15) is 0 Å². The van der Waals surface area contributed by atoms with Crippen LogP contribution in [0.25, 0.3) is 0 Å². The summed E-state index contributed by atoms with van der Waals surface area (Å²) >= 11 is 11.0. The molecule has 0 spiro atoms. The molecule has 0 bridgehead atoms. The van der Waals surface area contributed by atoms with Gasteiger partial charge in [0.1, 0.15) is 4.99 Å². The molecule has 18 heavy (non-hydrogen) atoms. The van der Waals surface area contributed by atoms with Crippen LogP contribution in [0.15, 0.2) is 18.2 Å². The smallest absolute Gasteiger partial charge is 0.104 e. The van der Waals surface area contributed by atoms with E-state index in [0.717, 1.165) is 24.2 Å². The van der Waals surface area contributed by atoms with E-state index in [9.17, 15) is 4.21 Å². The normalized spacial score (nSPS) is 13.9. The molecule has 0 amide bonds. The van der Waals surface area contributed by atoms with E-state index in [2.05, 4.69) is 5.32 Å². The second-order valence-corrected chi connectivity index (χ2v) is 6.73. The fourth-order valence-electron chi connectivity index (χ4n) is 1.39. The molecule has 0 heterocycles. The number of nitrogens with one attached hydrogen (secondary N) is 1. The molecule has 0 radical (unpaired) electrons. The number of rotatable bonds is 6. The molecule has 0 aliphatic rings. The molecule has 0 saturated heterocycles. The highest BCUT2D eigenvalue weighted by molar-refractivity contribution is 7.84. The Bertz CT molecular complexity index is 465. The van der Waals surface area contributed by atoms with Gasteiger partial charge in [0, 0.05) is 34.4 Å². The SMILES string of the molecule is CC(CCNc1ccc(C(N)=S)cc1Cl)S(C)=O. The van der Waals surface area contributed by atoms with Crippen molar-refractivity contribution >= 4 is 45.3 Å². The van der Waals surface area contributed by atoms with E-state index in [0.29, 0.717) is 10.0 Å². The number of hydrogen-bond donors (Lipinski definition) is 2. The van der Waals surface area contributed by atoms with Crippen LogP contribution in [-0.2, 0) is 10.8 Å². The van der Waals surface area contributed by atoms with Crippen molar-refractivity contribution in [1.29, 1.82) is 0 Å². The number of hydrogen-bond acceptors (Lipinski definition) is 3. The molecular formula is C12H17ClN2OS2. The Morgan fingerprint density at radius 2 is 2.28 bits per heavy atom. The second-order valence-electron chi connectivity index (χ2n) is 4.08. The summed E-state index contributed by atoms with van der Waals surface area (Å²) in [6, 6.07) is 5.43. The predicted molar refractivity (Wildman–Crippen MR) is 84.0 cm³/mol. The lowest BCUT2D eigenvalue weighted by molar-refractivity contribution is 0.672. The molecule has 0 saturated carbocycles. The van der Waals surface area contributed by atoms with E-state index in [4.69, 9.17) is 29.6 Å². The van der Waals surface area contributed by atoms with Crippen molar-refractivity contribution < 1.29 is 4.21 Å². The highest BCUT2D eigenvalue weighted by atomic mass is 35.5. The van der Waals surface area contributed by atoms with Crippen molar-refractivity contribution in [3.05, 3.63) is 28.8 Å². The Morgan fingerprint density at radius 1 is 1.61 bits per heavy atom. The quantitative estimate of drug-likeness (QED) is 0.793. The molecule has 1 aromatic carbocycles. The van der Waals surface area contributed by atoms with Crippen molar-refractivity contribution in [2.75, 3.05) is 18.1 Å². The standard InChI is InChI=1S/C12H17ClN2OS2/c1-8(18(2)16)5-6-15-11-4-3-9(12(14)17)7-10(11)13/h3-4,7-8,15H,5-6H2,1-2H3,(H2,14,17). The lowest BCUT2D eigenvalue weighted by Crippen LogP contribution is -2.15. The van der Waals surface area contributed by atoms with Gasteiger partial charge in [0.25, 0.3) is 0 Å². The lowest BCUT2D eigenvalue weighted by atomic mass is 10.2. The van der Waals surface area contributed by atoms with Crippen molar-refractivity contribution in [2.24, 2.45) is 5.73 Å². The summed E-state index contributed by atoms with van der Waals surface area (Å²) < 4.78 is 11.2. The minimum absolute atomic E-state index is 0.173. The van der Waals surface area contributed by atoms with Gasteiger partial charge in [0.2, 0.25) is 0 Å². The molecule has 1 aromatic rings. The molecular weight excluding hydrogens is 288 g/mol. The molecule has 0 aliphatic carbocycles. The third kappa shape index (κ3) is 4.55. The van der Waals surface area contributed by atoms with Crippen LogP contribution in [0.1, 0.15) is 18.9 Å². The third-order valence-electron chi connectivity index (χ3n) is 2.69. The summed E-state index contributed by atoms with van der Waals surface area (Å²) in [5.41, 5.74) is 7.12. The first-order valence-electron chi connectivity index (χ1n) is 5.57. The molecule has 100 valence electrons. The van der Waals surface area contributed by atoms with Gasteiger partial charge in [0.15, 0.2) is 0 Å². The third-order valence-corrected chi connectivity index (χ3v) is 4.60. The molecule has 1 rings (SSSR count). The van der Waals surface area contributed by atoms with Crippen molar-refractivity contribution in [3.8, 4) is 0 Å². The van der Waals surface area contributed by atoms with Crippen molar-refractivity contribution in [3.63, 3.8) is 0 Å². The average molecular weight is 305 g/mol. The topological polar surface area (TPSA) is 55.1 Å². The molecule has 0 aliphatic heterocycles. The first kappa shape index (κ1) is 15.4. The summed E-state index contributed by atoms with van der Waals surface area (Å²) in [5, 5.41) is 3.98. The van der Waals surface area contributed by atoms with Crippen LogP contribution in [0.2, 0.25) is 5.02 Å². The van der Waals surface area contributed by atoms with Gasteiger partial charge in [-0.3, -0.25) is 4.21 Å². The summed E-state index contributed by atoms with van der Waals surface area (Å²) in [4.78, 5) is 0.332. The zero-order valence-electron chi connectivity index (χ0n) is 10.4. The minimum atomic E-state index is -0.790. The summed E-state index contributed by atoms with van der Waals surface area (Å²) in [6.45, 7) is 2.70. The van der Waals surface area contributed by atoms with E-state index in [1.807, 2.05) is 19.1 Å². The Labute approximate surface area is 121 Å². The minimum Gasteiger partial charge on any atom is -0.389 e. The fourth-order valence-corrected chi connectivity index (χ4v) is 2.21. The first-order chi connectivity index (χ1) is 8.41. The Hall–Kier alpha value is -0.650. The van der Waals surface area contributed by atoms with Crippen LogP contribution in [0, 0.1) is 0 Å². The summed E-state index contributed by atoms with van der Waals surface area (Å²) in [7, 11) is -0.790. The van der Waals surface area contributed by atoms with Crippen molar-refractivity contribution in [2.45, 2.75) is 18.6 Å². The maximum absolute atomic E-state index is 11.2. The van der Waals surface area contributed by atoms with E-state index in [1.54, 1.807) is 12.3 Å². The van der Waals surface area contributed by atoms with Gasteiger partial charge in [0.05, 0.1) is 10.7 Å². The number of halogens is 1. The van der Waals surface area contributed by atoms with Crippen LogP contribution in [0.4, 0.5) is 5.69 Å². The zero-order valence-corrected chi connectivity index (χ0v) is 12.8. The maximum atomic E-state index is 11.2. The number of nitrogens with two attached hydrogens (primary N) is 1. The maximum Gasteiger partial charge on any atom is 0.104 e. The van der Waals surface area contributed by atoms with E-state index in [-0.39, 0.29) is 5.25 Å². The molecule has 3 N–H and O–H groups in total. The summed E-state index contributed by atoms with van der Waals surface area (Å²) in [5.74, 6) is 0. The Balaban J connectivity index is 2.58. The van der Waals surface area contributed by atoms with Crippen LogP contribution in [0.5, 0.6) is 0 Å². The number of anilines is 1. The van der Waals surface area contributed by atoms with Gasteiger partial charge < -0.3 is 11.1 Å². The largest absolute Gasteiger partial charge is 0.389 e. The summed E-state index contributed by atoms with van der Waals surface area (Å²) in [6.07, 6.45) is 2.55. The van der Waals surface area contributed by atoms with Gasteiger partial charge in [-0.25, -0.2) is 0 Å². The molecule has 0 aromatic heterocycles. The van der Waals surface area contributed by atoms with Crippen LogP contribution in [0.3, 0.4) is 0 Å². The van der Waals surface area contributed by atoms with Gasteiger partial charge in [-0.05, 0) is 24.6 Å². The van der Waals surface area contributed by atoms with Gasteiger partial charge >= 0.3 is 0 Å². The molecule has 3 nitrogen and oxygen atoms in total. The van der Waals surface area contributed by atoms with Crippen LogP contribution >= 0.6 is 23.8 Å². The fraction of sp³-hybridized carbons (Fsp3) is 0.417. The highest BCUT2D eigenvalue weighted by Gasteiger charge is 2.07. The molecule has 6 heteroatoms.